The van der Waals surface area contributed by atoms with Crippen LogP contribution in [0.4, 0.5) is 0 Å². The Bertz CT molecular complexity index is 357. The Labute approximate surface area is 107 Å². The van der Waals surface area contributed by atoms with E-state index in [1.165, 1.54) is 11.8 Å². The van der Waals surface area contributed by atoms with E-state index in [0.717, 1.165) is 5.75 Å². The number of hydrogen-bond acceptors (Lipinski definition) is 5. The Kier molecular flexibility index (Phi) is 5.75. The Morgan fingerprint density at radius 1 is 1.53 bits per heavy atom. The van der Waals surface area contributed by atoms with Crippen molar-refractivity contribution in [3.05, 3.63) is 0 Å². The molecule has 1 amide bonds. The van der Waals surface area contributed by atoms with Gasteiger partial charge in [-0.1, -0.05) is 0 Å². The highest BCUT2D eigenvalue weighted by Crippen LogP contribution is 2.18. The van der Waals surface area contributed by atoms with Crippen LogP contribution in [0.15, 0.2) is 0 Å². The summed E-state index contributed by atoms with van der Waals surface area (Å²) in [4.78, 5) is 13.6. The summed E-state index contributed by atoms with van der Waals surface area (Å²) < 4.78 is 22.8. The van der Waals surface area contributed by atoms with Crippen LogP contribution in [0.5, 0.6) is 0 Å². The van der Waals surface area contributed by atoms with E-state index in [9.17, 15) is 13.2 Å². The molecule has 0 bridgehead atoms. The van der Waals surface area contributed by atoms with Crippen molar-refractivity contribution in [2.45, 2.75) is 19.4 Å². The smallest absolute Gasteiger partial charge is 0.232 e. The van der Waals surface area contributed by atoms with Crippen molar-refractivity contribution in [2.75, 3.05) is 36.1 Å². The van der Waals surface area contributed by atoms with E-state index in [-0.39, 0.29) is 23.5 Å². The molecular weight excluding hydrogens is 260 g/mol. The fourth-order valence-corrected chi connectivity index (χ4v) is 4.37. The van der Waals surface area contributed by atoms with Crippen LogP contribution in [0.2, 0.25) is 0 Å². The van der Waals surface area contributed by atoms with Crippen LogP contribution < -0.4 is 5.73 Å². The van der Waals surface area contributed by atoms with Crippen molar-refractivity contribution in [1.29, 1.82) is 0 Å². The molecule has 1 aliphatic rings. The molecule has 0 spiro atoms. The summed E-state index contributed by atoms with van der Waals surface area (Å²) in [6, 6.07) is -0.129. The predicted molar refractivity (Wildman–Crippen MR) is 70.8 cm³/mol. The number of rotatable bonds is 6. The van der Waals surface area contributed by atoms with Gasteiger partial charge in [-0.3, -0.25) is 4.79 Å². The molecule has 2 N–H and O–H groups in total. The lowest BCUT2D eigenvalue weighted by molar-refractivity contribution is -0.129. The van der Waals surface area contributed by atoms with E-state index in [1.54, 1.807) is 4.90 Å². The highest BCUT2D eigenvalue weighted by atomic mass is 32.2. The molecule has 1 atom stereocenters. The molecule has 17 heavy (non-hydrogen) atoms. The first kappa shape index (κ1) is 14.8. The first-order valence-electron chi connectivity index (χ1n) is 5.78. The van der Waals surface area contributed by atoms with Crippen molar-refractivity contribution in [3.63, 3.8) is 0 Å². The predicted octanol–water partition coefficient (Wildman–Crippen LogP) is -0.286. The Morgan fingerprint density at radius 2 is 2.24 bits per heavy atom. The lowest BCUT2D eigenvalue weighted by atomic mass is 10.2. The molecule has 1 unspecified atom stereocenters. The van der Waals surface area contributed by atoms with Gasteiger partial charge in [-0.15, -0.1) is 0 Å². The zero-order valence-electron chi connectivity index (χ0n) is 10.1. The number of nitrogens with two attached hydrogens (primary N) is 1. The first-order chi connectivity index (χ1) is 8.00. The van der Waals surface area contributed by atoms with Gasteiger partial charge in [0.25, 0.3) is 0 Å². The van der Waals surface area contributed by atoms with E-state index in [0.29, 0.717) is 25.3 Å². The van der Waals surface area contributed by atoms with Crippen LogP contribution in [-0.2, 0) is 14.6 Å². The van der Waals surface area contributed by atoms with Gasteiger partial charge in [-0.25, -0.2) is 8.42 Å². The molecule has 0 aliphatic carbocycles. The minimum absolute atomic E-state index is 0.0213. The number of hydrogen-bond donors (Lipinski definition) is 1. The highest BCUT2D eigenvalue weighted by molar-refractivity contribution is 7.99. The fraction of sp³-hybridized carbons (Fsp3) is 0.900. The van der Waals surface area contributed by atoms with Crippen LogP contribution in [0.1, 0.15) is 13.3 Å². The molecule has 1 fully saturated rings. The second-order valence-electron chi connectivity index (χ2n) is 4.08. The summed E-state index contributed by atoms with van der Waals surface area (Å²) in [5, 5.41) is 0. The molecule has 1 rings (SSSR count). The monoisotopic (exact) mass is 280 g/mol. The van der Waals surface area contributed by atoms with Crippen LogP contribution in [-0.4, -0.2) is 61.4 Å². The minimum Gasteiger partial charge on any atom is -0.338 e. The molecular formula is C10H20N2O3S2. The van der Waals surface area contributed by atoms with Crippen LogP contribution in [0.3, 0.4) is 0 Å². The van der Waals surface area contributed by atoms with Crippen LogP contribution in [0.25, 0.3) is 0 Å². The second kappa shape index (κ2) is 6.61. The Balaban J connectivity index is 2.50. The van der Waals surface area contributed by atoms with E-state index < -0.39 is 9.84 Å². The molecule has 0 radical (unpaired) electrons. The van der Waals surface area contributed by atoms with Gasteiger partial charge in [-0.2, -0.15) is 11.8 Å². The van der Waals surface area contributed by atoms with Gasteiger partial charge in [0, 0.05) is 24.9 Å². The zero-order valence-corrected chi connectivity index (χ0v) is 11.7. The molecule has 0 aromatic carbocycles. The zero-order chi connectivity index (χ0) is 12.9. The summed E-state index contributed by atoms with van der Waals surface area (Å²) in [6.45, 7) is 3.01. The largest absolute Gasteiger partial charge is 0.338 e. The van der Waals surface area contributed by atoms with E-state index in [4.69, 9.17) is 5.73 Å². The third kappa shape index (κ3) is 4.48. The van der Waals surface area contributed by atoms with Crippen molar-refractivity contribution >= 4 is 27.5 Å². The summed E-state index contributed by atoms with van der Waals surface area (Å²) in [7, 11) is -2.93. The summed E-state index contributed by atoms with van der Waals surface area (Å²) in [6.07, 6.45) is 0.573. The maximum Gasteiger partial charge on any atom is 0.232 e. The number of sulfone groups is 1. The summed E-state index contributed by atoms with van der Waals surface area (Å²) in [5.74, 6) is 1.49. The number of amides is 1. The summed E-state index contributed by atoms with van der Waals surface area (Å²) in [5.41, 5.74) is 5.36. The lowest BCUT2D eigenvalue weighted by Gasteiger charge is -2.26. The van der Waals surface area contributed by atoms with Crippen molar-refractivity contribution < 1.29 is 13.2 Å². The Morgan fingerprint density at radius 3 is 2.71 bits per heavy atom. The summed E-state index contributed by atoms with van der Waals surface area (Å²) >= 11 is 1.50. The van der Waals surface area contributed by atoms with Crippen LogP contribution >= 0.6 is 11.8 Å². The molecule has 7 heteroatoms. The van der Waals surface area contributed by atoms with Gasteiger partial charge in [-0.05, 0) is 13.3 Å². The highest BCUT2D eigenvalue weighted by Gasteiger charge is 2.33. The maximum atomic E-state index is 11.9. The third-order valence-corrected chi connectivity index (χ3v) is 5.52. The molecule has 1 aliphatic heterocycles. The standard InChI is InChI=1S/C10H20N2O3S2/c1-2-12(10(13)7-16-5-4-11)9-3-6-17(14,15)8-9/h9H,2-8,11H2,1H3. The maximum absolute atomic E-state index is 11.9. The van der Waals surface area contributed by atoms with Gasteiger partial charge < -0.3 is 10.6 Å². The molecule has 0 aromatic heterocycles. The van der Waals surface area contributed by atoms with E-state index >= 15 is 0 Å². The number of thioether (sulfide) groups is 1. The van der Waals surface area contributed by atoms with Crippen molar-refractivity contribution in [1.82, 2.24) is 4.90 Å². The van der Waals surface area contributed by atoms with Crippen molar-refractivity contribution in [2.24, 2.45) is 5.73 Å². The molecule has 100 valence electrons. The third-order valence-electron chi connectivity index (χ3n) is 2.80. The molecule has 0 aromatic rings. The molecule has 1 heterocycles. The van der Waals surface area contributed by atoms with Gasteiger partial charge in [0.05, 0.1) is 17.3 Å². The quantitative estimate of drug-likeness (QED) is 0.677. The normalized spacial score (nSPS) is 22.6. The topological polar surface area (TPSA) is 80.5 Å². The average Bonchev–Trinajstić information content (AvgIpc) is 2.60. The SMILES string of the molecule is CCN(C(=O)CSCCN)C1CCS(=O)(=O)C1. The number of nitrogens with zero attached hydrogens (tertiary/aromatic N) is 1. The second-order valence-corrected chi connectivity index (χ2v) is 7.41. The molecule has 0 saturated carbocycles. The van der Waals surface area contributed by atoms with Crippen molar-refractivity contribution in [3.8, 4) is 0 Å². The van der Waals surface area contributed by atoms with E-state index in [1.807, 2.05) is 6.92 Å². The number of carbonyl (C=O) groups excluding carboxylic acids is 1. The molecule has 5 nitrogen and oxygen atoms in total. The van der Waals surface area contributed by atoms with Gasteiger partial charge in [0.15, 0.2) is 9.84 Å². The fourth-order valence-electron chi connectivity index (χ4n) is 1.99. The number of carbonyl (C=O) groups is 1. The van der Waals surface area contributed by atoms with Gasteiger partial charge >= 0.3 is 0 Å². The average molecular weight is 280 g/mol. The first-order valence-corrected chi connectivity index (χ1v) is 8.75. The van der Waals surface area contributed by atoms with Crippen LogP contribution in [0, 0.1) is 0 Å². The van der Waals surface area contributed by atoms with Gasteiger partial charge in [0.1, 0.15) is 0 Å². The molecule has 1 saturated heterocycles. The van der Waals surface area contributed by atoms with Gasteiger partial charge in [0.2, 0.25) is 5.91 Å². The lowest BCUT2D eigenvalue weighted by Crippen LogP contribution is -2.42. The minimum atomic E-state index is -2.93. The van der Waals surface area contributed by atoms with E-state index in [2.05, 4.69) is 0 Å². The Hall–Kier alpha value is -0.270.